The zero-order valence-corrected chi connectivity index (χ0v) is 19.8. The summed E-state index contributed by atoms with van der Waals surface area (Å²) in [5, 5.41) is 17.2. The lowest BCUT2D eigenvalue weighted by Crippen LogP contribution is -2.34. The molecule has 0 amide bonds. The number of nitrogens with two attached hydrogens (primary N) is 1. The van der Waals surface area contributed by atoms with Gasteiger partial charge in [0.15, 0.2) is 5.82 Å². The Bertz CT molecular complexity index is 967. The van der Waals surface area contributed by atoms with Crippen molar-refractivity contribution in [2.24, 2.45) is 5.41 Å². The lowest BCUT2D eigenvalue weighted by atomic mass is 9.92. The normalized spacial score (nSPS) is 23.3. The zero-order valence-electron chi connectivity index (χ0n) is 18.8. The summed E-state index contributed by atoms with van der Waals surface area (Å²) in [6.07, 6.45) is 0.637. The average Bonchev–Trinajstić information content (AvgIpc) is 3.34. The number of carbonyl (C=O) groups excluding carboxylic acids is 1. The third-order valence-corrected chi connectivity index (χ3v) is 6.79. The lowest BCUT2D eigenvalue weighted by Gasteiger charge is -2.23. The van der Waals surface area contributed by atoms with E-state index in [4.69, 9.17) is 19.7 Å². The lowest BCUT2D eigenvalue weighted by molar-refractivity contribution is -0.148. The number of nitrogen functional groups attached to an aromatic ring is 1. The van der Waals surface area contributed by atoms with Crippen molar-refractivity contribution < 1.29 is 28.5 Å². The molecule has 0 saturated carbocycles. The molecular weight excluding hydrogens is 437 g/mol. The SMILES string of the molecule is CCC(C)(C)COC(=O)[C@H](C)N[PH](=O)OC[C@H]1O[C@@H](c2ccc3c(N)ncnn23)C[C@@H]1O. The molecule has 4 N–H and O–H groups in total. The number of nitrogens with one attached hydrogen (secondary N) is 1. The van der Waals surface area contributed by atoms with Crippen molar-refractivity contribution >= 4 is 25.5 Å². The molecule has 1 saturated heterocycles. The van der Waals surface area contributed by atoms with E-state index in [9.17, 15) is 14.5 Å². The van der Waals surface area contributed by atoms with Gasteiger partial charge in [0.1, 0.15) is 30.1 Å². The second-order valence-corrected chi connectivity index (χ2v) is 9.91. The number of hydrogen-bond donors (Lipinski definition) is 3. The number of fused-ring (bicyclic) bond motifs is 1. The minimum Gasteiger partial charge on any atom is -0.464 e. The molecule has 1 fully saturated rings. The fraction of sp³-hybridized carbons (Fsp3) is 0.650. The molecule has 0 bridgehead atoms. The summed E-state index contributed by atoms with van der Waals surface area (Å²) in [6.45, 7) is 7.79. The number of aromatic nitrogens is 3. The molecule has 11 nitrogen and oxygen atoms in total. The molecule has 12 heteroatoms. The Kier molecular flexibility index (Phi) is 7.89. The predicted molar refractivity (Wildman–Crippen MR) is 118 cm³/mol. The number of ether oxygens (including phenoxy) is 2. The van der Waals surface area contributed by atoms with E-state index in [-0.39, 0.29) is 18.6 Å². The first kappa shape index (κ1) is 24.6. The minimum atomic E-state index is -2.75. The van der Waals surface area contributed by atoms with Crippen LogP contribution in [-0.4, -0.2) is 57.1 Å². The molecule has 1 aliphatic heterocycles. The van der Waals surface area contributed by atoms with Crippen LogP contribution in [0, 0.1) is 5.41 Å². The second-order valence-electron chi connectivity index (χ2n) is 8.76. The molecule has 5 atom stereocenters. The number of hydrogen-bond acceptors (Lipinski definition) is 9. The van der Waals surface area contributed by atoms with Gasteiger partial charge >= 0.3 is 5.97 Å². The second kappa shape index (κ2) is 10.3. The summed E-state index contributed by atoms with van der Waals surface area (Å²) in [6, 6.07) is 2.82. The smallest absolute Gasteiger partial charge is 0.323 e. The Morgan fingerprint density at radius 2 is 2.25 bits per heavy atom. The van der Waals surface area contributed by atoms with E-state index in [0.29, 0.717) is 17.8 Å². The number of carbonyl (C=O) groups is 1. The third-order valence-electron chi connectivity index (χ3n) is 5.69. The molecule has 0 aromatic carbocycles. The topological polar surface area (TPSA) is 150 Å². The van der Waals surface area contributed by atoms with E-state index in [1.165, 1.54) is 6.33 Å². The standard InChI is InChI=1S/C20H32N5O6P/c1-5-20(3,4)10-29-19(27)12(2)24-32(28)30-9-17-15(26)8-16(31-17)13-6-7-14-18(21)22-11-23-25(13)14/h6-7,11-12,15-17,26,32H,5,8-10H2,1-4H3,(H,24,28)(H2,21,22,23)/t12-,15-,16+,17+/m0/s1. The van der Waals surface area contributed by atoms with Gasteiger partial charge in [-0.15, -0.1) is 0 Å². The van der Waals surface area contributed by atoms with Gasteiger partial charge in [0, 0.05) is 6.42 Å². The molecule has 1 aliphatic rings. The van der Waals surface area contributed by atoms with Crippen LogP contribution in [0.5, 0.6) is 0 Å². The number of aliphatic hydroxyl groups is 1. The zero-order chi connectivity index (χ0) is 23.5. The molecule has 0 aliphatic carbocycles. The quantitative estimate of drug-likeness (QED) is 0.347. The molecular formula is C20H32N5O6P. The molecule has 0 radical (unpaired) electrons. The van der Waals surface area contributed by atoms with Gasteiger partial charge in [0.05, 0.1) is 25.0 Å². The van der Waals surface area contributed by atoms with Crippen molar-refractivity contribution in [3.8, 4) is 0 Å². The Hall–Kier alpha value is -2.04. The summed E-state index contributed by atoms with van der Waals surface area (Å²) < 4.78 is 30.5. The van der Waals surface area contributed by atoms with Crippen LogP contribution in [0.2, 0.25) is 0 Å². The first-order valence-electron chi connectivity index (χ1n) is 10.6. The molecule has 1 unspecified atom stereocenters. The minimum absolute atomic E-state index is 0.0898. The highest BCUT2D eigenvalue weighted by molar-refractivity contribution is 7.36. The van der Waals surface area contributed by atoms with Crippen LogP contribution in [0.3, 0.4) is 0 Å². The maximum atomic E-state index is 12.3. The Labute approximate surface area is 187 Å². The third kappa shape index (κ3) is 5.85. The summed E-state index contributed by atoms with van der Waals surface area (Å²) in [5.74, 6) is -0.146. The Morgan fingerprint density at radius 3 is 2.97 bits per heavy atom. The van der Waals surface area contributed by atoms with Crippen LogP contribution in [-0.2, 0) is 23.4 Å². The highest BCUT2D eigenvalue weighted by Gasteiger charge is 2.37. The van der Waals surface area contributed by atoms with Gasteiger partial charge < -0.3 is 24.8 Å². The summed E-state index contributed by atoms with van der Waals surface area (Å²) >= 11 is 0. The highest BCUT2D eigenvalue weighted by atomic mass is 31.1. The van der Waals surface area contributed by atoms with E-state index in [2.05, 4.69) is 15.2 Å². The van der Waals surface area contributed by atoms with E-state index in [1.807, 2.05) is 26.8 Å². The molecule has 2 aromatic rings. The number of nitrogens with zero attached hydrogens (tertiary/aromatic N) is 3. The maximum Gasteiger partial charge on any atom is 0.323 e. The van der Waals surface area contributed by atoms with Crippen LogP contribution < -0.4 is 10.8 Å². The highest BCUT2D eigenvalue weighted by Crippen LogP contribution is 2.35. The number of esters is 1. The fourth-order valence-corrected chi connectivity index (χ4v) is 4.09. The molecule has 178 valence electrons. The van der Waals surface area contributed by atoms with Crippen LogP contribution in [0.1, 0.15) is 52.3 Å². The van der Waals surface area contributed by atoms with Gasteiger partial charge in [0.25, 0.3) is 8.18 Å². The Balaban J connectivity index is 1.48. The number of rotatable bonds is 10. The molecule has 3 rings (SSSR count). The van der Waals surface area contributed by atoms with Crippen molar-refractivity contribution in [3.05, 3.63) is 24.2 Å². The van der Waals surface area contributed by atoms with E-state index in [1.54, 1.807) is 17.5 Å². The van der Waals surface area contributed by atoms with Crippen molar-refractivity contribution in [1.82, 2.24) is 19.7 Å². The predicted octanol–water partition coefficient (Wildman–Crippen LogP) is 1.87. The van der Waals surface area contributed by atoms with Crippen LogP contribution in [0.25, 0.3) is 5.52 Å². The first-order chi connectivity index (χ1) is 15.1. The van der Waals surface area contributed by atoms with Gasteiger partial charge in [-0.05, 0) is 30.9 Å². The van der Waals surface area contributed by atoms with Gasteiger partial charge in [0.2, 0.25) is 0 Å². The summed E-state index contributed by atoms with van der Waals surface area (Å²) in [7, 11) is -2.75. The van der Waals surface area contributed by atoms with Gasteiger partial charge in [-0.3, -0.25) is 9.36 Å². The van der Waals surface area contributed by atoms with Crippen molar-refractivity contribution in [3.63, 3.8) is 0 Å². The van der Waals surface area contributed by atoms with Crippen molar-refractivity contribution in [2.45, 2.75) is 64.9 Å². The number of anilines is 1. The molecule has 0 spiro atoms. The molecule has 32 heavy (non-hydrogen) atoms. The van der Waals surface area contributed by atoms with Gasteiger partial charge in [-0.25, -0.2) is 14.6 Å². The van der Waals surface area contributed by atoms with Crippen molar-refractivity contribution in [1.29, 1.82) is 0 Å². The van der Waals surface area contributed by atoms with E-state index in [0.717, 1.165) is 12.1 Å². The van der Waals surface area contributed by atoms with E-state index < -0.39 is 38.5 Å². The largest absolute Gasteiger partial charge is 0.464 e. The molecule has 2 aromatic heterocycles. The van der Waals surface area contributed by atoms with Gasteiger partial charge in [-0.1, -0.05) is 20.8 Å². The first-order valence-corrected chi connectivity index (χ1v) is 11.9. The summed E-state index contributed by atoms with van der Waals surface area (Å²) in [4.78, 5) is 16.1. The van der Waals surface area contributed by atoms with Crippen LogP contribution in [0.4, 0.5) is 5.82 Å². The van der Waals surface area contributed by atoms with Gasteiger partial charge in [-0.2, -0.15) is 5.10 Å². The van der Waals surface area contributed by atoms with E-state index >= 15 is 0 Å². The van der Waals surface area contributed by atoms with Crippen LogP contribution in [0.15, 0.2) is 18.5 Å². The Morgan fingerprint density at radius 1 is 1.50 bits per heavy atom. The number of aliphatic hydroxyl groups excluding tert-OH is 1. The summed E-state index contributed by atoms with van der Waals surface area (Å²) in [5.41, 5.74) is 7.12. The fourth-order valence-electron chi connectivity index (χ4n) is 3.21. The van der Waals surface area contributed by atoms with Crippen LogP contribution >= 0.6 is 8.18 Å². The molecule has 3 heterocycles. The monoisotopic (exact) mass is 469 g/mol. The average molecular weight is 469 g/mol. The van der Waals surface area contributed by atoms with Crippen molar-refractivity contribution in [2.75, 3.05) is 18.9 Å². The maximum absolute atomic E-state index is 12.3.